The van der Waals surface area contributed by atoms with Gasteiger partial charge in [-0.1, -0.05) is 11.8 Å². The van der Waals surface area contributed by atoms with Gasteiger partial charge in [-0.25, -0.2) is 0 Å². The molecular formula is C11H11NO3S. The van der Waals surface area contributed by atoms with E-state index >= 15 is 0 Å². The van der Waals surface area contributed by atoms with Crippen molar-refractivity contribution in [3.63, 3.8) is 0 Å². The first-order valence-corrected chi connectivity index (χ1v) is 5.67. The van der Waals surface area contributed by atoms with Gasteiger partial charge >= 0.3 is 0 Å². The lowest BCUT2D eigenvalue weighted by Gasteiger charge is -2.20. The quantitative estimate of drug-likeness (QED) is 0.727. The van der Waals surface area contributed by atoms with Crippen molar-refractivity contribution in [1.29, 1.82) is 0 Å². The number of nitrogens with zero attached hydrogens (tertiary/aromatic N) is 1. The summed E-state index contributed by atoms with van der Waals surface area (Å²) in [5, 5.41) is 0.678. The summed E-state index contributed by atoms with van der Waals surface area (Å²) >= 11 is 1.44. The lowest BCUT2D eigenvalue weighted by Crippen LogP contribution is -2.32. The van der Waals surface area contributed by atoms with Crippen molar-refractivity contribution in [2.45, 2.75) is 29.7 Å². The Morgan fingerprint density at radius 2 is 2.06 bits per heavy atom. The lowest BCUT2D eigenvalue weighted by atomic mass is 10.0. The van der Waals surface area contributed by atoms with E-state index in [1.165, 1.54) is 22.4 Å². The van der Waals surface area contributed by atoms with Gasteiger partial charge in [0.15, 0.2) is 0 Å². The molecule has 1 aliphatic rings. The molecule has 1 atom stereocenters. The van der Waals surface area contributed by atoms with E-state index in [0.717, 1.165) is 6.29 Å². The fraction of sp³-hybridized carbons (Fsp3) is 0.364. The Morgan fingerprint density at radius 1 is 1.38 bits per heavy atom. The highest BCUT2D eigenvalue weighted by Crippen LogP contribution is 2.46. The van der Waals surface area contributed by atoms with E-state index in [4.69, 9.17) is 0 Å². The topological polar surface area (TPSA) is 56.1 Å². The molecule has 16 heavy (non-hydrogen) atoms. The number of fused-ring (bicyclic) bond motifs is 1. The Labute approximate surface area is 96.7 Å². The van der Waals surface area contributed by atoms with Crippen LogP contribution in [0.5, 0.6) is 0 Å². The highest BCUT2D eigenvalue weighted by Gasteiger charge is 2.40. The second-order valence-electron chi connectivity index (χ2n) is 4.24. The molecular weight excluding hydrogens is 226 g/mol. The molecule has 4 nitrogen and oxygen atoms in total. The third kappa shape index (κ3) is 1.51. The van der Waals surface area contributed by atoms with Crippen LogP contribution in [0.3, 0.4) is 0 Å². The summed E-state index contributed by atoms with van der Waals surface area (Å²) in [6.07, 6.45) is 1.43. The minimum atomic E-state index is -0.472. The van der Waals surface area contributed by atoms with Crippen LogP contribution in [-0.4, -0.2) is 21.9 Å². The highest BCUT2D eigenvalue weighted by molar-refractivity contribution is 8.00. The summed E-state index contributed by atoms with van der Waals surface area (Å²) < 4.78 is 1.10. The average molecular weight is 237 g/mol. The first-order valence-electron chi connectivity index (χ1n) is 4.85. The number of carbonyl (C=O) groups excluding carboxylic acids is 2. The number of aldehydes is 2. The molecule has 0 N–H and O–H groups in total. The average Bonchev–Trinajstić information content (AvgIpc) is 2.47. The smallest absolute Gasteiger partial charge is 0.252 e. The monoisotopic (exact) mass is 237 g/mol. The van der Waals surface area contributed by atoms with E-state index in [1.54, 1.807) is 6.07 Å². The van der Waals surface area contributed by atoms with Gasteiger partial charge in [0, 0.05) is 16.4 Å². The van der Waals surface area contributed by atoms with Crippen LogP contribution in [0.2, 0.25) is 0 Å². The summed E-state index contributed by atoms with van der Waals surface area (Å²) in [7, 11) is 0. The SMILES string of the molecule is CC1(C)Sc2cc(C=O)cc(=O)n2C1C=O. The molecule has 0 aliphatic carbocycles. The third-order valence-corrected chi connectivity index (χ3v) is 3.97. The van der Waals surface area contributed by atoms with Crippen molar-refractivity contribution in [3.8, 4) is 0 Å². The van der Waals surface area contributed by atoms with Crippen LogP contribution in [0.1, 0.15) is 30.2 Å². The summed E-state index contributed by atoms with van der Waals surface area (Å²) in [6, 6.07) is 2.43. The highest BCUT2D eigenvalue weighted by atomic mass is 32.2. The molecule has 5 heteroatoms. The fourth-order valence-electron chi connectivity index (χ4n) is 1.86. The van der Waals surface area contributed by atoms with Crippen molar-refractivity contribution < 1.29 is 9.59 Å². The van der Waals surface area contributed by atoms with Crippen LogP contribution >= 0.6 is 11.8 Å². The second-order valence-corrected chi connectivity index (χ2v) is 5.91. The Morgan fingerprint density at radius 3 is 2.62 bits per heavy atom. The first kappa shape index (κ1) is 11.1. The van der Waals surface area contributed by atoms with Crippen molar-refractivity contribution in [2.75, 3.05) is 0 Å². The normalized spacial score (nSPS) is 21.5. The van der Waals surface area contributed by atoms with E-state index in [1.807, 2.05) is 13.8 Å². The van der Waals surface area contributed by atoms with Crippen LogP contribution in [0.4, 0.5) is 0 Å². The fourth-order valence-corrected chi connectivity index (χ4v) is 3.18. The molecule has 84 valence electrons. The first-order chi connectivity index (χ1) is 7.49. The van der Waals surface area contributed by atoms with Gasteiger partial charge in [0.1, 0.15) is 18.6 Å². The number of carbonyl (C=O) groups is 2. The maximum Gasteiger partial charge on any atom is 0.252 e. The molecule has 0 saturated carbocycles. The molecule has 0 aromatic carbocycles. The molecule has 0 radical (unpaired) electrons. The van der Waals surface area contributed by atoms with Crippen molar-refractivity contribution in [1.82, 2.24) is 4.57 Å². The number of rotatable bonds is 2. The molecule has 0 amide bonds. The van der Waals surface area contributed by atoms with Gasteiger partial charge in [0.25, 0.3) is 5.56 Å². The summed E-state index contributed by atoms with van der Waals surface area (Å²) in [4.78, 5) is 33.5. The van der Waals surface area contributed by atoms with Crippen LogP contribution < -0.4 is 5.56 Å². The number of aromatic nitrogens is 1. The maximum atomic E-state index is 11.8. The van der Waals surface area contributed by atoms with Crippen molar-refractivity contribution >= 4 is 24.3 Å². The predicted octanol–water partition coefficient (Wildman–Crippen LogP) is 1.29. The summed E-state index contributed by atoms with van der Waals surface area (Å²) in [5.41, 5.74) is 0.0564. The Bertz CT molecular complexity index is 518. The van der Waals surface area contributed by atoms with E-state index in [0.29, 0.717) is 16.9 Å². The van der Waals surface area contributed by atoms with Gasteiger partial charge in [0.2, 0.25) is 0 Å². The van der Waals surface area contributed by atoms with Gasteiger partial charge in [-0.05, 0) is 19.9 Å². The molecule has 1 unspecified atom stereocenters. The van der Waals surface area contributed by atoms with Crippen LogP contribution in [-0.2, 0) is 4.79 Å². The van der Waals surface area contributed by atoms with E-state index < -0.39 is 6.04 Å². The molecule has 2 heterocycles. The summed E-state index contributed by atoms with van der Waals surface area (Å²) in [5.74, 6) is 0. The van der Waals surface area contributed by atoms with Gasteiger partial charge in [-0.3, -0.25) is 14.2 Å². The number of hydrogen-bond donors (Lipinski definition) is 0. The Balaban J connectivity index is 2.68. The van der Waals surface area contributed by atoms with E-state index in [-0.39, 0.29) is 10.3 Å². The minimum Gasteiger partial charge on any atom is -0.301 e. The van der Waals surface area contributed by atoms with Crippen LogP contribution in [0.15, 0.2) is 22.0 Å². The lowest BCUT2D eigenvalue weighted by molar-refractivity contribution is -0.111. The Kier molecular flexibility index (Phi) is 2.50. The van der Waals surface area contributed by atoms with Crippen molar-refractivity contribution in [2.24, 2.45) is 0 Å². The van der Waals surface area contributed by atoms with Crippen LogP contribution in [0, 0.1) is 0 Å². The zero-order chi connectivity index (χ0) is 11.9. The van der Waals surface area contributed by atoms with Crippen LogP contribution in [0.25, 0.3) is 0 Å². The molecule has 0 fully saturated rings. The zero-order valence-electron chi connectivity index (χ0n) is 8.97. The predicted molar refractivity (Wildman–Crippen MR) is 61.1 cm³/mol. The largest absolute Gasteiger partial charge is 0.301 e. The van der Waals surface area contributed by atoms with Gasteiger partial charge in [-0.2, -0.15) is 0 Å². The molecule has 1 aromatic heterocycles. The van der Waals surface area contributed by atoms with Gasteiger partial charge in [-0.15, -0.1) is 0 Å². The summed E-state index contributed by atoms with van der Waals surface area (Å²) in [6.45, 7) is 3.81. The Hall–Kier alpha value is -1.36. The molecule has 0 spiro atoms. The van der Waals surface area contributed by atoms with Gasteiger partial charge in [0.05, 0.1) is 5.03 Å². The van der Waals surface area contributed by atoms with E-state index in [2.05, 4.69) is 0 Å². The number of pyridine rings is 1. The molecule has 0 saturated heterocycles. The molecule has 2 rings (SSSR count). The molecule has 0 bridgehead atoms. The van der Waals surface area contributed by atoms with E-state index in [9.17, 15) is 14.4 Å². The van der Waals surface area contributed by atoms with Gasteiger partial charge < -0.3 is 4.79 Å². The zero-order valence-corrected chi connectivity index (χ0v) is 9.78. The minimum absolute atomic E-state index is 0.297. The third-order valence-electron chi connectivity index (χ3n) is 2.68. The molecule has 1 aliphatic heterocycles. The number of thioether (sulfide) groups is 1. The molecule has 1 aromatic rings. The number of hydrogen-bond acceptors (Lipinski definition) is 4. The van der Waals surface area contributed by atoms with Crippen molar-refractivity contribution in [3.05, 3.63) is 28.0 Å². The maximum absolute atomic E-state index is 11.8. The second kappa shape index (κ2) is 3.59. The standard InChI is InChI=1S/C11H11NO3S/c1-11(2)8(6-14)12-9(15)3-7(5-13)4-10(12)16-11/h3-6,8H,1-2H3.